The highest BCUT2D eigenvalue weighted by molar-refractivity contribution is 6.30. The van der Waals surface area contributed by atoms with Crippen molar-refractivity contribution in [3.63, 3.8) is 0 Å². The molecule has 0 aromatic heterocycles. The Balaban J connectivity index is 1.53. The molecule has 2 aromatic rings. The zero-order valence-electron chi connectivity index (χ0n) is 13.9. The highest BCUT2D eigenvalue weighted by Gasteiger charge is 2.29. The smallest absolute Gasteiger partial charge is 0.246 e. The summed E-state index contributed by atoms with van der Waals surface area (Å²) >= 11 is 5.91. The van der Waals surface area contributed by atoms with Crippen molar-refractivity contribution in [3.8, 4) is 0 Å². The third-order valence-electron chi connectivity index (χ3n) is 3.97. The minimum absolute atomic E-state index is 0.0787. The van der Waals surface area contributed by atoms with Crippen LogP contribution in [0.5, 0.6) is 0 Å². The summed E-state index contributed by atoms with van der Waals surface area (Å²) in [7, 11) is 0. The molecule has 1 saturated carbocycles. The van der Waals surface area contributed by atoms with Gasteiger partial charge in [-0.2, -0.15) is 0 Å². The quantitative estimate of drug-likeness (QED) is 0.728. The number of hydrogen-bond donors (Lipinski definition) is 3. The average Bonchev–Trinajstić information content (AvgIpc) is 3.41. The largest absolute Gasteiger partial charge is 0.374 e. The zero-order valence-corrected chi connectivity index (χ0v) is 14.6. The molecule has 0 aliphatic heterocycles. The van der Waals surface area contributed by atoms with E-state index in [0.717, 1.165) is 24.2 Å². The fraction of sp³-hybridized carbons (Fsp3) is 0.263. The summed E-state index contributed by atoms with van der Waals surface area (Å²) in [5, 5.41) is 9.41. The zero-order chi connectivity index (χ0) is 17.8. The van der Waals surface area contributed by atoms with Crippen molar-refractivity contribution in [2.75, 3.05) is 16.0 Å². The van der Waals surface area contributed by atoms with Crippen molar-refractivity contribution >= 4 is 40.5 Å². The molecule has 6 heteroatoms. The van der Waals surface area contributed by atoms with E-state index in [1.54, 1.807) is 31.2 Å². The van der Waals surface area contributed by atoms with Crippen LogP contribution >= 0.6 is 11.6 Å². The molecule has 0 bridgehead atoms. The molecule has 1 aliphatic rings. The van der Waals surface area contributed by atoms with E-state index in [1.807, 2.05) is 24.3 Å². The van der Waals surface area contributed by atoms with Gasteiger partial charge < -0.3 is 16.0 Å². The Bertz CT molecular complexity index is 772. The number of benzene rings is 2. The summed E-state index contributed by atoms with van der Waals surface area (Å²) in [6.07, 6.45) is 1.95. The Morgan fingerprint density at radius 3 is 2.32 bits per heavy atom. The Morgan fingerprint density at radius 1 is 1.00 bits per heavy atom. The first kappa shape index (κ1) is 17.3. The predicted molar refractivity (Wildman–Crippen MR) is 101 cm³/mol. The molecule has 0 heterocycles. The maximum Gasteiger partial charge on any atom is 0.246 e. The van der Waals surface area contributed by atoms with Crippen LogP contribution in [-0.2, 0) is 9.59 Å². The number of rotatable bonds is 6. The topological polar surface area (TPSA) is 70.2 Å². The van der Waals surface area contributed by atoms with Crippen molar-refractivity contribution in [2.45, 2.75) is 25.8 Å². The Kier molecular flexibility index (Phi) is 5.24. The van der Waals surface area contributed by atoms with Gasteiger partial charge in [-0.05, 0) is 62.2 Å². The molecule has 0 radical (unpaired) electrons. The highest BCUT2D eigenvalue weighted by Crippen LogP contribution is 2.30. The number of hydrogen-bond acceptors (Lipinski definition) is 3. The Hall–Kier alpha value is -2.53. The van der Waals surface area contributed by atoms with Gasteiger partial charge in [0.1, 0.15) is 6.04 Å². The summed E-state index contributed by atoms with van der Waals surface area (Å²) in [6, 6.07) is 13.9. The number of amides is 2. The standard InChI is InChI=1S/C19H20ClN3O2/c1-12(18(24)23-17-4-2-3-14(20)11-17)21-15-7-9-16(10-8-15)22-19(25)13-5-6-13/h2-4,7-13,21H,5-6H2,1H3,(H,22,25)(H,23,24)/t12-/m0/s1. The number of carbonyl (C=O) groups is 2. The highest BCUT2D eigenvalue weighted by atomic mass is 35.5. The molecule has 3 N–H and O–H groups in total. The van der Waals surface area contributed by atoms with Gasteiger partial charge in [0.25, 0.3) is 0 Å². The SMILES string of the molecule is C[C@H](Nc1ccc(NC(=O)C2CC2)cc1)C(=O)Nc1cccc(Cl)c1. The van der Waals surface area contributed by atoms with E-state index in [4.69, 9.17) is 11.6 Å². The lowest BCUT2D eigenvalue weighted by atomic mass is 10.2. The van der Waals surface area contributed by atoms with E-state index in [1.165, 1.54) is 0 Å². The van der Waals surface area contributed by atoms with Crippen LogP contribution in [0, 0.1) is 5.92 Å². The van der Waals surface area contributed by atoms with Gasteiger partial charge >= 0.3 is 0 Å². The van der Waals surface area contributed by atoms with Crippen LogP contribution in [0.1, 0.15) is 19.8 Å². The molecule has 5 nitrogen and oxygen atoms in total. The molecule has 130 valence electrons. The number of carbonyl (C=O) groups excluding carboxylic acids is 2. The maximum atomic E-state index is 12.2. The summed E-state index contributed by atoms with van der Waals surface area (Å²) in [4.78, 5) is 24.0. The first-order valence-electron chi connectivity index (χ1n) is 8.25. The van der Waals surface area contributed by atoms with Gasteiger partial charge in [-0.1, -0.05) is 17.7 Å². The average molecular weight is 358 g/mol. The molecule has 2 amide bonds. The first-order valence-corrected chi connectivity index (χ1v) is 8.63. The number of anilines is 3. The van der Waals surface area contributed by atoms with Gasteiger partial charge in [0, 0.05) is 28.0 Å². The molecule has 2 aromatic carbocycles. The van der Waals surface area contributed by atoms with Gasteiger partial charge in [-0.15, -0.1) is 0 Å². The molecule has 3 rings (SSSR count). The lowest BCUT2D eigenvalue weighted by Gasteiger charge is -2.16. The molecule has 1 atom stereocenters. The van der Waals surface area contributed by atoms with E-state index >= 15 is 0 Å². The summed E-state index contributed by atoms with van der Waals surface area (Å²) in [5.74, 6) is 0.0939. The van der Waals surface area contributed by atoms with Crippen LogP contribution in [0.2, 0.25) is 5.02 Å². The molecule has 0 unspecified atom stereocenters. The van der Waals surface area contributed by atoms with Crippen molar-refractivity contribution < 1.29 is 9.59 Å². The molecule has 0 saturated heterocycles. The molecule has 1 aliphatic carbocycles. The summed E-state index contributed by atoms with van der Waals surface area (Å²) in [6.45, 7) is 1.78. The van der Waals surface area contributed by atoms with Crippen LogP contribution < -0.4 is 16.0 Å². The molecular formula is C19H20ClN3O2. The van der Waals surface area contributed by atoms with Crippen LogP contribution in [0.4, 0.5) is 17.1 Å². The van der Waals surface area contributed by atoms with Crippen LogP contribution in [0.25, 0.3) is 0 Å². The van der Waals surface area contributed by atoms with E-state index in [9.17, 15) is 9.59 Å². The lowest BCUT2D eigenvalue weighted by Crippen LogP contribution is -2.31. The molecule has 0 spiro atoms. The van der Waals surface area contributed by atoms with E-state index < -0.39 is 6.04 Å². The van der Waals surface area contributed by atoms with Crippen molar-refractivity contribution in [2.24, 2.45) is 5.92 Å². The maximum absolute atomic E-state index is 12.2. The van der Waals surface area contributed by atoms with Crippen LogP contribution in [0.15, 0.2) is 48.5 Å². The monoisotopic (exact) mass is 357 g/mol. The van der Waals surface area contributed by atoms with E-state index in [-0.39, 0.29) is 17.7 Å². The lowest BCUT2D eigenvalue weighted by molar-refractivity contribution is -0.117. The van der Waals surface area contributed by atoms with Crippen molar-refractivity contribution in [1.29, 1.82) is 0 Å². The predicted octanol–water partition coefficient (Wildman–Crippen LogP) is 4.13. The molecular weight excluding hydrogens is 338 g/mol. The van der Waals surface area contributed by atoms with Crippen molar-refractivity contribution in [1.82, 2.24) is 0 Å². The summed E-state index contributed by atoms with van der Waals surface area (Å²) < 4.78 is 0. The van der Waals surface area contributed by atoms with Gasteiger partial charge in [0.15, 0.2) is 0 Å². The molecule has 1 fully saturated rings. The Morgan fingerprint density at radius 2 is 1.68 bits per heavy atom. The number of nitrogens with one attached hydrogen (secondary N) is 3. The second kappa shape index (κ2) is 7.57. The van der Waals surface area contributed by atoms with Gasteiger partial charge in [0.2, 0.25) is 11.8 Å². The minimum Gasteiger partial charge on any atom is -0.374 e. The fourth-order valence-electron chi connectivity index (χ4n) is 2.37. The third kappa shape index (κ3) is 4.97. The van der Waals surface area contributed by atoms with E-state index in [0.29, 0.717) is 10.7 Å². The third-order valence-corrected chi connectivity index (χ3v) is 4.20. The van der Waals surface area contributed by atoms with Crippen molar-refractivity contribution in [3.05, 3.63) is 53.6 Å². The van der Waals surface area contributed by atoms with Crippen LogP contribution in [0.3, 0.4) is 0 Å². The normalized spacial score (nSPS) is 14.5. The second-order valence-corrected chi connectivity index (χ2v) is 6.64. The fourth-order valence-corrected chi connectivity index (χ4v) is 2.56. The van der Waals surface area contributed by atoms with Gasteiger partial charge in [-0.25, -0.2) is 0 Å². The van der Waals surface area contributed by atoms with Crippen LogP contribution in [-0.4, -0.2) is 17.9 Å². The summed E-state index contributed by atoms with van der Waals surface area (Å²) in [5.41, 5.74) is 2.22. The minimum atomic E-state index is -0.425. The Labute approximate surface area is 151 Å². The number of halogens is 1. The van der Waals surface area contributed by atoms with Gasteiger partial charge in [0.05, 0.1) is 0 Å². The van der Waals surface area contributed by atoms with Gasteiger partial charge in [-0.3, -0.25) is 9.59 Å². The van der Waals surface area contributed by atoms with E-state index in [2.05, 4.69) is 16.0 Å². The second-order valence-electron chi connectivity index (χ2n) is 6.21. The first-order chi connectivity index (χ1) is 12.0. The molecule has 25 heavy (non-hydrogen) atoms.